The fourth-order valence-electron chi connectivity index (χ4n) is 5.74. The summed E-state index contributed by atoms with van der Waals surface area (Å²) in [5.41, 5.74) is 4.03. The molecule has 2 amide bonds. The first-order chi connectivity index (χ1) is 17.6. The Balaban J connectivity index is 1.45. The highest BCUT2D eigenvalue weighted by atomic mass is 16.5. The molecule has 2 heterocycles. The monoisotopic (exact) mass is 488 g/mol. The molecule has 0 spiro atoms. The van der Waals surface area contributed by atoms with Gasteiger partial charge < -0.3 is 19.5 Å². The van der Waals surface area contributed by atoms with E-state index >= 15 is 0 Å². The predicted molar refractivity (Wildman–Crippen MR) is 141 cm³/mol. The summed E-state index contributed by atoms with van der Waals surface area (Å²) in [4.78, 5) is 33.5. The number of likely N-dealkylation sites (tertiary alicyclic amines) is 1. The molecule has 0 bridgehead atoms. The number of carbonyl (C=O) groups is 2. The Bertz CT molecular complexity index is 1200. The van der Waals surface area contributed by atoms with Crippen molar-refractivity contribution in [3.63, 3.8) is 0 Å². The maximum absolute atomic E-state index is 14.0. The molecule has 2 aliphatic rings. The standard InChI is InChI=1S/C29H36N4O3/c1-36-16-15-33-20-30-26-18-24(31-28(34)22-11-6-3-7-12-22)17-25(27(26)33)29(35)32-14-8-13-23(19-32)21-9-4-2-5-10-21/h2,4-5,9-10,17-18,20,22-23H,3,6-8,11-16,19H2,1H3,(H,31,34). The molecule has 190 valence electrons. The molecule has 36 heavy (non-hydrogen) atoms. The Labute approximate surface area is 212 Å². The molecule has 1 N–H and O–H groups in total. The first-order valence-corrected chi connectivity index (χ1v) is 13.3. The third-order valence-electron chi connectivity index (χ3n) is 7.70. The van der Waals surface area contributed by atoms with E-state index in [-0.39, 0.29) is 17.7 Å². The van der Waals surface area contributed by atoms with Gasteiger partial charge in [0.15, 0.2) is 0 Å². The lowest BCUT2D eigenvalue weighted by atomic mass is 9.88. The highest BCUT2D eigenvalue weighted by Crippen LogP contribution is 2.31. The molecule has 7 heteroatoms. The van der Waals surface area contributed by atoms with Gasteiger partial charge in [0.2, 0.25) is 5.91 Å². The van der Waals surface area contributed by atoms with E-state index in [4.69, 9.17) is 4.74 Å². The van der Waals surface area contributed by atoms with Crippen molar-refractivity contribution in [1.29, 1.82) is 0 Å². The SMILES string of the molecule is COCCn1cnc2cc(NC(=O)C3CCCCC3)cc(C(=O)N3CCCC(c4ccccc4)C3)c21. The minimum absolute atomic E-state index is 0.00596. The molecule has 1 saturated heterocycles. The van der Waals surface area contributed by atoms with Gasteiger partial charge in [0.25, 0.3) is 5.91 Å². The molecule has 1 aliphatic carbocycles. The second-order valence-corrected chi connectivity index (χ2v) is 10.1. The number of benzene rings is 2. The van der Waals surface area contributed by atoms with Crippen molar-refractivity contribution >= 4 is 28.5 Å². The lowest BCUT2D eigenvalue weighted by molar-refractivity contribution is -0.120. The van der Waals surface area contributed by atoms with Crippen LogP contribution in [0.15, 0.2) is 48.8 Å². The highest BCUT2D eigenvalue weighted by Gasteiger charge is 2.28. The largest absolute Gasteiger partial charge is 0.383 e. The van der Waals surface area contributed by atoms with Crippen LogP contribution in [-0.4, -0.2) is 53.1 Å². The fourth-order valence-corrected chi connectivity index (χ4v) is 5.74. The average molecular weight is 489 g/mol. The van der Waals surface area contributed by atoms with Gasteiger partial charge in [-0.05, 0) is 43.4 Å². The number of hydrogen-bond donors (Lipinski definition) is 1. The zero-order valence-electron chi connectivity index (χ0n) is 21.1. The van der Waals surface area contributed by atoms with Gasteiger partial charge in [-0.1, -0.05) is 49.6 Å². The number of hydrogen-bond acceptors (Lipinski definition) is 4. The van der Waals surface area contributed by atoms with E-state index in [0.29, 0.717) is 42.4 Å². The van der Waals surface area contributed by atoms with Gasteiger partial charge in [0.05, 0.1) is 29.5 Å². The van der Waals surface area contributed by atoms with Crippen LogP contribution in [0.4, 0.5) is 5.69 Å². The van der Waals surface area contributed by atoms with Crippen LogP contribution in [-0.2, 0) is 16.1 Å². The molecule has 3 aromatic rings. The maximum atomic E-state index is 14.0. The number of nitrogens with one attached hydrogen (secondary N) is 1. The molecule has 1 unspecified atom stereocenters. The number of imidazole rings is 1. The molecule has 1 atom stereocenters. The molecular weight excluding hydrogens is 452 g/mol. The van der Waals surface area contributed by atoms with Crippen molar-refractivity contribution in [2.75, 3.05) is 32.1 Å². The lowest BCUT2D eigenvalue weighted by Crippen LogP contribution is -2.39. The van der Waals surface area contributed by atoms with Gasteiger partial charge in [0.1, 0.15) is 0 Å². The normalized spacial score (nSPS) is 18.9. The van der Waals surface area contributed by atoms with Crippen molar-refractivity contribution in [1.82, 2.24) is 14.5 Å². The maximum Gasteiger partial charge on any atom is 0.256 e. The summed E-state index contributed by atoms with van der Waals surface area (Å²) < 4.78 is 7.27. The van der Waals surface area contributed by atoms with Crippen molar-refractivity contribution in [2.24, 2.45) is 5.92 Å². The van der Waals surface area contributed by atoms with Crippen LogP contribution in [0, 0.1) is 5.92 Å². The number of rotatable bonds is 7. The summed E-state index contributed by atoms with van der Waals surface area (Å²) in [6.07, 6.45) is 9.07. The van der Waals surface area contributed by atoms with Crippen molar-refractivity contribution < 1.29 is 14.3 Å². The molecular formula is C29H36N4O3. The first-order valence-electron chi connectivity index (χ1n) is 13.3. The molecule has 0 radical (unpaired) electrons. The van der Waals surface area contributed by atoms with Gasteiger partial charge in [-0.25, -0.2) is 4.98 Å². The quantitative estimate of drug-likeness (QED) is 0.495. The molecule has 2 fully saturated rings. The number of amides is 2. The van der Waals surface area contributed by atoms with E-state index in [9.17, 15) is 9.59 Å². The number of aromatic nitrogens is 2. The minimum Gasteiger partial charge on any atom is -0.383 e. The zero-order chi connectivity index (χ0) is 24.9. The summed E-state index contributed by atoms with van der Waals surface area (Å²) in [6, 6.07) is 14.2. The number of carbonyl (C=O) groups excluding carboxylic acids is 2. The third kappa shape index (κ3) is 5.31. The zero-order valence-corrected chi connectivity index (χ0v) is 21.1. The van der Waals surface area contributed by atoms with Crippen LogP contribution < -0.4 is 5.32 Å². The smallest absolute Gasteiger partial charge is 0.256 e. The molecule has 1 saturated carbocycles. The summed E-state index contributed by atoms with van der Waals surface area (Å²) in [5.74, 6) is 0.413. The Morgan fingerprint density at radius 1 is 1.06 bits per heavy atom. The van der Waals surface area contributed by atoms with Crippen LogP contribution in [0.25, 0.3) is 11.0 Å². The number of piperidine rings is 1. The van der Waals surface area contributed by atoms with Crippen LogP contribution >= 0.6 is 0 Å². The van der Waals surface area contributed by atoms with Crippen LogP contribution in [0.2, 0.25) is 0 Å². The topological polar surface area (TPSA) is 76.5 Å². The number of ether oxygens (including phenoxy) is 1. The van der Waals surface area contributed by atoms with Crippen molar-refractivity contribution in [3.8, 4) is 0 Å². The molecule has 5 rings (SSSR count). The molecule has 7 nitrogen and oxygen atoms in total. The minimum atomic E-state index is -0.00596. The van der Waals surface area contributed by atoms with Crippen LogP contribution in [0.5, 0.6) is 0 Å². The number of anilines is 1. The van der Waals surface area contributed by atoms with E-state index in [2.05, 4.69) is 34.6 Å². The Morgan fingerprint density at radius 3 is 2.64 bits per heavy atom. The van der Waals surface area contributed by atoms with E-state index in [0.717, 1.165) is 50.6 Å². The fraction of sp³-hybridized carbons (Fsp3) is 0.483. The van der Waals surface area contributed by atoms with Gasteiger partial charge >= 0.3 is 0 Å². The Hall–Kier alpha value is -3.19. The molecule has 1 aliphatic heterocycles. The van der Waals surface area contributed by atoms with Gasteiger partial charge in [0, 0.05) is 44.3 Å². The second-order valence-electron chi connectivity index (χ2n) is 10.1. The lowest BCUT2D eigenvalue weighted by Gasteiger charge is -2.33. The summed E-state index contributed by atoms with van der Waals surface area (Å²) >= 11 is 0. The Morgan fingerprint density at radius 2 is 1.86 bits per heavy atom. The number of nitrogens with zero attached hydrogens (tertiary/aromatic N) is 3. The van der Waals surface area contributed by atoms with E-state index < -0.39 is 0 Å². The van der Waals surface area contributed by atoms with Gasteiger partial charge in [-0.15, -0.1) is 0 Å². The Kier molecular flexibility index (Phi) is 7.66. The van der Waals surface area contributed by atoms with Crippen LogP contribution in [0.3, 0.4) is 0 Å². The van der Waals surface area contributed by atoms with Crippen molar-refractivity contribution in [3.05, 3.63) is 59.9 Å². The van der Waals surface area contributed by atoms with E-state index in [1.807, 2.05) is 27.7 Å². The number of fused-ring (bicyclic) bond motifs is 1. The second kappa shape index (κ2) is 11.2. The van der Waals surface area contributed by atoms with Crippen molar-refractivity contribution in [2.45, 2.75) is 57.4 Å². The van der Waals surface area contributed by atoms with Gasteiger partial charge in [-0.3, -0.25) is 9.59 Å². The van der Waals surface area contributed by atoms with Crippen LogP contribution in [0.1, 0.15) is 66.8 Å². The molecule has 1 aromatic heterocycles. The van der Waals surface area contributed by atoms with E-state index in [1.54, 1.807) is 13.4 Å². The highest BCUT2D eigenvalue weighted by molar-refractivity contribution is 6.07. The first kappa shape index (κ1) is 24.5. The van der Waals surface area contributed by atoms with Gasteiger partial charge in [-0.2, -0.15) is 0 Å². The van der Waals surface area contributed by atoms with E-state index in [1.165, 1.54) is 12.0 Å². The average Bonchev–Trinajstić information content (AvgIpc) is 3.35. The molecule has 2 aromatic carbocycles. The number of methoxy groups -OCH3 is 1. The summed E-state index contributed by atoms with van der Waals surface area (Å²) in [5, 5.41) is 3.11. The summed E-state index contributed by atoms with van der Waals surface area (Å²) in [7, 11) is 1.67. The third-order valence-corrected chi connectivity index (χ3v) is 7.70. The predicted octanol–water partition coefficient (Wildman–Crippen LogP) is 5.22. The summed E-state index contributed by atoms with van der Waals surface area (Å²) in [6.45, 7) is 2.55.